The zero-order valence-corrected chi connectivity index (χ0v) is 10.4. The molecule has 2 rings (SSSR count). The van der Waals surface area contributed by atoms with Crippen LogP contribution in [-0.4, -0.2) is 18.0 Å². The zero-order valence-electron chi connectivity index (χ0n) is 10.4. The van der Waals surface area contributed by atoms with E-state index in [9.17, 15) is 9.18 Å². The molecule has 2 atom stereocenters. The fourth-order valence-electron chi connectivity index (χ4n) is 2.27. The summed E-state index contributed by atoms with van der Waals surface area (Å²) in [6.07, 6.45) is 1.46. The molecule has 2 unspecified atom stereocenters. The van der Waals surface area contributed by atoms with Crippen molar-refractivity contribution in [3.63, 3.8) is 0 Å². The summed E-state index contributed by atoms with van der Waals surface area (Å²) in [7, 11) is 0. The molecule has 1 fully saturated rings. The number of hydrogen-bond acceptors (Lipinski definition) is 2. The molecule has 1 heterocycles. The van der Waals surface area contributed by atoms with Crippen molar-refractivity contribution >= 4 is 5.78 Å². The van der Waals surface area contributed by atoms with Crippen molar-refractivity contribution in [2.75, 3.05) is 0 Å². The number of rotatable bonds is 2. The van der Waals surface area contributed by atoms with E-state index in [0.29, 0.717) is 16.7 Å². The highest BCUT2D eigenvalue weighted by molar-refractivity contribution is 6.00. The van der Waals surface area contributed by atoms with Gasteiger partial charge in [0.2, 0.25) is 0 Å². The minimum atomic E-state index is -0.353. The van der Waals surface area contributed by atoms with E-state index in [-0.39, 0.29) is 23.8 Å². The van der Waals surface area contributed by atoms with Gasteiger partial charge in [0, 0.05) is 5.56 Å². The van der Waals surface area contributed by atoms with Crippen LogP contribution in [0.25, 0.3) is 0 Å². The van der Waals surface area contributed by atoms with Crippen LogP contribution in [0.4, 0.5) is 4.39 Å². The van der Waals surface area contributed by atoms with Gasteiger partial charge in [-0.15, -0.1) is 0 Å². The first-order chi connectivity index (χ1) is 7.99. The predicted octanol–water partition coefficient (Wildman–Crippen LogP) is 3.19. The van der Waals surface area contributed by atoms with Crippen molar-refractivity contribution in [2.45, 2.75) is 45.8 Å². The monoisotopic (exact) mass is 236 g/mol. The van der Waals surface area contributed by atoms with E-state index in [1.807, 2.05) is 6.92 Å². The number of ether oxygens (including phenoxy) is 1. The molecule has 92 valence electrons. The number of halogens is 1. The molecule has 3 heteroatoms. The summed E-state index contributed by atoms with van der Waals surface area (Å²) in [6.45, 7) is 5.32. The summed E-state index contributed by atoms with van der Waals surface area (Å²) >= 11 is 0. The maximum absolute atomic E-state index is 13.5. The predicted molar refractivity (Wildman–Crippen MR) is 63.8 cm³/mol. The second kappa shape index (κ2) is 4.57. The van der Waals surface area contributed by atoms with Crippen LogP contribution >= 0.6 is 0 Å². The first kappa shape index (κ1) is 12.2. The summed E-state index contributed by atoms with van der Waals surface area (Å²) < 4.78 is 19.0. The molecule has 1 aromatic carbocycles. The van der Waals surface area contributed by atoms with Crippen LogP contribution in [-0.2, 0) is 4.74 Å². The number of carbonyl (C=O) groups is 1. The van der Waals surface area contributed by atoms with Gasteiger partial charge in [0.15, 0.2) is 5.78 Å². The lowest BCUT2D eigenvalue weighted by Gasteiger charge is -2.11. The highest BCUT2D eigenvalue weighted by Gasteiger charge is 2.29. The van der Waals surface area contributed by atoms with Crippen LogP contribution < -0.4 is 0 Å². The Hall–Kier alpha value is -1.22. The van der Waals surface area contributed by atoms with Crippen LogP contribution in [0.2, 0.25) is 0 Å². The number of hydrogen-bond donors (Lipinski definition) is 0. The molecule has 1 aliphatic heterocycles. The molecule has 0 spiro atoms. The smallest absolute Gasteiger partial charge is 0.191 e. The standard InChI is InChI=1S/C14H17FO2/c1-8-6-11(7-9(2)13(8)15)14(16)12-5-4-10(3)17-12/h6-7,10,12H,4-5H2,1-3H3. The Morgan fingerprint density at radius 1 is 1.29 bits per heavy atom. The number of benzene rings is 1. The Bertz CT molecular complexity index is 431. The third kappa shape index (κ3) is 2.39. The lowest BCUT2D eigenvalue weighted by molar-refractivity contribution is 0.0433. The van der Waals surface area contributed by atoms with E-state index in [1.165, 1.54) is 0 Å². The average Bonchev–Trinajstić information content (AvgIpc) is 2.71. The van der Waals surface area contributed by atoms with Gasteiger partial charge in [-0.25, -0.2) is 4.39 Å². The van der Waals surface area contributed by atoms with Gasteiger partial charge >= 0.3 is 0 Å². The van der Waals surface area contributed by atoms with Gasteiger partial charge in [0.1, 0.15) is 11.9 Å². The molecule has 0 saturated carbocycles. The molecule has 0 radical (unpaired) electrons. The fraction of sp³-hybridized carbons (Fsp3) is 0.500. The number of ketones is 1. The first-order valence-corrected chi connectivity index (χ1v) is 5.95. The molecule has 0 amide bonds. The molecule has 17 heavy (non-hydrogen) atoms. The van der Waals surface area contributed by atoms with Crippen molar-refractivity contribution in [3.05, 3.63) is 34.6 Å². The first-order valence-electron chi connectivity index (χ1n) is 5.95. The average molecular weight is 236 g/mol. The van der Waals surface area contributed by atoms with Gasteiger partial charge < -0.3 is 4.74 Å². The van der Waals surface area contributed by atoms with Crippen molar-refractivity contribution < 1.29 is 13.9 Å². The third-order valence-electron chi connectivity index (χ3n) is 3.25. The minimum absolute atomic E-state index is 0.0273. The minimum Gasteiger partial charge on any atom is -0.367 e. The highest BCUT2D eigenvalue weighted by atomic mass is 19.1. The lowest BCUT2D eigenvalue weighted by atomic mass is 9.99. The van der Waals surface area contributed by atoms with Crippen molar-refractivity contribution in [2.24, 2.45) is 0 Å². The largest absolute Gasteiger partial charge is 0.367 e. The fourth-order valence-corrected chi connectivity index (χ4v) is 2.27. The normalized spacial score (nSPS) is 24.0. The van der Waals surface area contributed by atoms with Gasteiger partial charge in [-0.1, -0.05) is 0 Å². The quantitative estimate of drug-likeness (QED) is 0.737. The van der Waals surface area contributed by atoms with Crippen LogP contribution in [0.3, 0.4) is 0 Å². The number of aryl methyl sites for hydroxylation is 2. The van der Waals surface area contributed by atoms with Crippen molar-refractivity contribution in [1.29, 1.82) is 0 Å². The molecular weight excluding hydrogens is 219 g/mol. The molecular formula is C14H17FO2. The van der Waals surface area contributed by atoms with Crippen LogP contribution in [0, 0.1) is 19.7 Å². The molecule has 1 aromatic rings. The van der Waals surface area contributed by atoms with E-state index >= 15 is 0 Å². The zero-order chi connectivity index (χ0) is 12.6. The molecule has 1 saturated heterocycles. The van der Waals surface area contributed by atoms with Crippen LogP contribution in [0.15, 0.2) is 12.1 Å². The maximum Gasteiger partial charge on any atom is 0.191 e. The Morgan fingerprint density at radius 3 is 2.35 bits per heavy atom. The second-order valence-electron chi connectivity index (χ2n) is 4.80. The third-order valence-corrected chi connectivity index (χ3v) is 3.25. The van der Waals surface area contributed by atoms with E-state index in [4.69, 9.17) is 4.74 Å². The van der Waals surface area contributed by atoms with E-state index in [0.717, 1.165) is 12.8 Å². The summed E-state index contributed by atoms with van der Waals surface area (Å²) in [5.41, 5.74) is 1.58. The molecule has 0 N–H and O–H groups in total. The van der Waals surface area contributed by atoms with E-state index in [2.05, 4.69) is 0 Å². The Balaban J connectivity index is 2.25. The topological polar surface area (TPSA) is 26.3 Å². The lowest BCUT2D eigenvalue weighted by Crippen LogP contribution is -2.21. The second-order valence-corrected chi connectivity index (χ2v) is 4.80. The van der Waals surface area contributed by atoms with Gasteiger partial charge in [-0.2, -0.15) is 0 Å². The van der Waals surface area contributed by atoms with Gasteiger partial charge in [0.05, 0.1) is 6.10 Å². The number of Topliss-reactive ketones (excluding diaryl/α,β-unsaturated/α-hetero) is 1. The SMILES string of the molecule is Cc1cc(C(=O)C2CCC(C)O2)cc(C)c1F. The molecule has 0 bridgehead atoms. The van der Waals surface area contributed by atoms with E-state index < -0.39 is 0 Å². The van der Waals surface area contributed by atoms with Gasteiger partial charge in [0.25, 0.3) is 0 Å². The summed E-state index contributed by atoms with van der Waals surface area (Å²) in [6, 6.07) is 3.22. The highest BCUT2D eigenvalue weighted by Crippen LogP contribution is 2.24. The van der Waals surface area contributed by atoms with Crippen LogP contribution in [0.1, 0.15) is 41.3 Å². The summed E-state index contributed by atoms with van der Waals surface area (Å²) in [5, 5.41) is 0. The molecule has 0 aromatic heterocycles. The molecule has 0 aliphatic carbocycles. The summed E-state index contributed by atoms with van der Waals surface area (Å²) in [4.78, 5) is 12.2. The molecule has 1 aliphatic rings. The maximum atomic E-state index is 13.5. The Kier molecular flexibility index (Phi) is 3.29. The summed E-state index contributed by atoms with van der Waals surface area (Å²) in [5.74, 6) is -0.261. The van der Waals surface area contributed by atoms with Gasteiger partial charge in [-0.3, -0.25) is 4.79 Å². The Morgan fingerprint density at radius 2 is 1.88 bits per heavy atom. The van der Waals surface area contributed by atoms with Gasteiger partial charge in [-0.05, 0) is 56.9 Å². The molecule has 2 nitrogen and oxygen atoms in total. The Labute approximate surface area is 101 Å². The van der Waals surface area contributed by atoms with Crippen LogP contribution in [0.5, 0.6) is 0 Å². The van der Waals surface area contributed by atoms with Crippen molar-refractivity contribution in [1.82, 2.24) is 0 Å². The van der Waals surface area contributed by atoms with E-state index in [1.54, 1.807) is 26.0 Å². The van der Waals surface area contributed by atoms with Crippen molar-refractivity contribution in [3.8, 4) is 0 Å². The number of carbonyl (C=O) groups excluding carboxylic acids is 1.